The van der Waals surface area contributed by atoms with Crippen LogP contribution in [-0.4, -0.2) is 18.4 Å². The Morgan fingerprint density at radius 1 is 1.29 bits per heavy atom. The zero-order valence-electron chi connectivity index (χ0n) is 11.9. The predicted octanol–water partition coefficient (Wildman–Crippen LogP) is 3.24. The van der Waals surface area contributed by atoms with E-state index >= 15 is 0 Å². The van der Waals surface area contributed by atoms with E-state index in [1.54, 1.807) is 50.2 Å². The van der Waals surface area contributed by atoms with Crippen molar-refractivity contribution in [3.8, 4) is 5.75 Å². The molecule has 1 aromatic carbocycles. The van der Waals surface area contributed by atoms with Crippen LogP contribution >= 0.6 is 0 Å². The Bertz CT molecular complexity index is 627. The summed E-state index contributed by atoms with van der Waals surface area (Å²) in [5.74, 6) is 0.702. The average Bonchev–Trinajstić information content (AvgIpc) is 2.94. The largest absolute Gasteiger partial charge is 0.486 e. The molecule has 110 valence electrons. The molecular formula is C16H16O5. The maximum Gasteiger partial charge on any atom is 0.374 e. The van der Waals surface area contributed by atoms with Crippen LogP contribution in [0.4, 0.5) is 0 Å². The number of carbonyl (C=O) groups excluding carboxylic acids is 2. The summed E-state index contributed by atoms with van der Waals surface area (Å²) in [6.45, 7) is 3.70. The van der Waals surface area contributed by atoms with Gasteiger partial charge in [0.15, 0.2) is 0 Å². The second-order valence-electron chi connectivity index (χ2n) is 4.70. The fourth-order valence-electron chi connectivity index (χ4n) is 1.67. The summed E-state index contributed by atoms with van der Waals surface area (Å²) in [5.41, 5.74) is 0.535. The number of carbonyl (C=O) groups is 2. The Balaban J connectivity index is 1.96. The molecule has 1 heterocycles. The Kier molecular flexibility index (Phi) is 4.77. The van der Waals surface area contributed by atoms with Crippen LogP contribution in [0.15, 0.2) is 40.8 Å². The molecule has 2 rings (SSSR count). The number of furan rings is 1. The summed E-state index contributed by atoms with van der Waals surface area (Å²) in [4.78, 5) is 22.3. The summed E-state index contributed by atoms with van der Waals surface area (Å²) in [7, 11) is 0. The van der Waals surface area contributed by atoms with E-state index in [4.69, 9.17) is 13.9 Å². The third-order valence-corrected chi connectivity index (χ3v) is 2.58. The zero-order valence-corrected chi connectivity index (χ0v) is 11.9. The number of aldehydes is 1. The molecule has 5 nitrogen and oxygen atoms in total. The molecule has 0 amide bonds. The van der Waals surface area contributed by atoms with Crippen molar-refractivity contribution in [1.29, 1.82) is 0 Å². The maximum atomic E-state index is 11.6. The molecule has 0 aliphatic carbocycles. The van der Waals surface area contributed by atoms with Gasteiger partial charge in [-0.25, -0.2) is 4.79 Å². The van der Waals surface area contributed by atoms with Gasteiger partial charge >= 0.3 is 5.97 Å². The highest BCUT2D eigenvalue weighted by molar-refractivity contribution is 5.86. The average molecular weight is 288 g/mol. The van der Waals surface area contributed by atoms with Crippen LogP contribution in [0.5, 0.6) is 5.75 Å². The van der Waals surface area contributed by atoms with E-state index in [9.17, 15) is 9.59 Å². The fraction of sp³-hybridized carbons (Fsp3) is 0.250. The SMILES string of the molecule is CC(C)OC(=O)c1ccc(COc2cccc(C=O)c2)o1. The summed E-state index contributed by atoms with van der Waals surface area (Å²) >= 11 is 0. The molecule has 0 N–H and O–H groups in total. The Morgan fingerprint density at radius 3 is 2.81 bits per heavy atom. The molecule has 0 fully saturated rings. The molecule has 0 aliphatic rings. The number of rotatable bonds is 6. The molecule has 0 saturated carbocycles. The maximum absolute atomic E-state index is 11.6. The topological polar surface area (TPSA) is 65.7 Å². The summed E-state index contributed by atoms with van der Waals surface area (Å²) in [5, 5.41) is 0. The number of esters is 1. The van der Waals surface area contributed by atoms with Gasteiger partial charge in [0.2, 0.25) is 5.76 Å². The van der Waals surface area contributed by atoms with Crippen molar-refractivity contribution in [2.75, 3.05) is 0 Å². The van der Waals surface area contributed by atoms with Crippen molar-refractivity contribution in [2.24, 2.45) is 0 Å². The molecule has 1 aromatic heterocycles. The van der Waals surface area contributed by atoms with Crippen molar-refractivity contribution in [3.05, 3.63) is 53.5 Å². The molecule has 0 aliphatic heterocycles. The quantitative estimate of drug-likeness (QED) is 0.603. The third kappa shape index (κ3) is 4.21. The van der Waals surface area contributed by atoms with Crippen molar-refractivity contribution >= 4 is 12.3 Å². The molecule has 0 atom stereocenters. The first kappa shape index (κ1) is 14.8. The van der Waals surface area contributed by atoms with E-state index in [0.29, 0.717) is 17.1 Å². The molecule has 0 spiro atoms. The van der Waals surface area contributed by atoms with Gasteiger partial charge in [-0.1, -0.05) is 12.1 Å². The van der Waals surface area contributed by atoms with Crippen molar-refractivity contribution in [3.63, 3.8) is 0 Å². The highest BCUT2D eigenvalue weighted by atomic mass is 16.6. The van der Waals surface area contributed by atoms with E-state index in [0.717, 1.165) is 6.29 Å². The zero-order chi connectivity index (χ0) is 15.2. The van der Waals surface area contributed by atoms with E-state index < -0.39 is 5.97 Å². The molecule has 0 unspecified atom stereocenters. The minimum Gasteiger partial charge on any atom is -0.486 e. The van der Waals surface area contributed by atoms with Crippen LogP contribution in [0.3, 0.4) is 0 Å². The third-order valence-electron chi connectivity index (χ3n) is 2.58. The molecule has 2 aromatic rings. The lowest BCUT2D eigenvalue weighted by Crippen LogP contribution is -2.10. The van der Waals surface area contributed by atoms with Gasteiger partial charge in [-0.15, -0.1) is 0 Å². The van der Waals surface area contributed by atoms with Crippen molar-refractivity contribution in [2.45, 2.75) is 26.6 Å². The van der Waals surface area contributed by atoms with Crippen molar-refractivity contribution < 1.29 is 23.5 Å². The minimum atomic E-state index is -0.501. The van der Waals surface area contributed by atoms with E-state index in [2.05, 4.69) is 0 Å². The van der Waals surface area contributed by atoms with Gasteiger partial charge in [-0.2, -0.15) is 0 Å². The lowest BCUT2D eigenvalue weighted by Gasteiger charge is -2.06. The van der Waals surface area contributed by atoms with Gasteiger partial charge in [0.05, 0.1) is 6.10 Å². The van der Waals surface area contributed by atoms with Gasteiger partial charge in [0, 0.05) is 5.56 Å². The Hall–Kier alpha value is -2.56. The summed E-state index contributed by atoms with van der Waals surface area (Å²) < 4.78 is 15.9. The lowest BCUT2D eigenvalue weighted by atomic mass is 10.2. The standard InChI is InChI=1S/C16H16O5/c1-11(2)20-16(18)15-7-6-14(21-15)10-19-13-5-3-4-12(8-13)9-17/h3-9,11H,10H2,1-2H3. The van der Waals surface area contributed by atoms with E-state index in [1.807, 2.05) is 0 Å². The van der Waals surface area contributed by atoms with Crippen LogP contribution in [-0.2, 0) is 11.3 Å². The van der Waals surface area contributed by atoms with E-state index in [-0.39, 0.29) is 18.5 Å². The molecular weight excluding hydrogens is 272 g/mol. The van der Waals surface area contributed by atoms with Crippen LogP contribution in [0, 0.1) is 0 Å². The molecule has 0 bridgehead atoms. The second-order valence-corrected chi connectivity index (χ2v) is 4.70. The number of benzene rings is 1. The number of hydrogen-bond acceptors (Lipinski definition) is 5. The highest BCUT2D eigenvalue weighted by Crippen LogP contribution is 2.16. The van der Waals surface area contributed by atoms with Gasteiger partial charge in [0.25, 0.3) is 0 Å². The first-order valence-corrected chi connectivity index (χ1v) is 6.56. The second kappa shape index (κ2) is 6.74. The summed E-state index contributed by atoms with van der Waals surface area (Å²) in [6, 6.07) is 9.99. The van der Waals surface area contributed by atoms with Gasteiger partial charge < -0.3 is 13.9 Å². The van der Waals surface area contributed by atoms with Crippen LogP contribution < -0.4 is 4.74 Å². The Labute approximate surface area is 122 Å². The highest BCUT2D eigenvalue weighted by Gasteiger charge is 2.14. The molecule has 0 radical (unpaired) electrons. The van der Waals surface area contributed by atoms with Crippen LogP contribution in [0.1, 0.15) is 40.5 Å². The number of hydrogen-bond donors (Lipinski definition) is 0. The molecule has 21 heavy (non-hydrogen) atoms. The summed E-state index contributed by atoms with van der Waals surface area (Å²) in [6.07, 6.45) is 0.549. The smallest absolute Gasteiger partial charge is 0.374 e. The van der Waals surface area contributed by atoms with E-state index in [1.165, 1.54) is 0 Å². The van der Waals surface area contributed by atoms with Crippen molar-refractivity contribution in [1.82, 2.24) is 0 Å². The molecule has 0 saturated heterocycles. The first-order valence-electron chi connectivity index (χ1n) is 6.56. The van der Waals surface area contributed by atoms with Gasteiger partial charge in [-0.3, -0.25) is 4.79 Å². The minimum absolute atomic E-state index is 0.143. The monoisotopic (exact) mass is 288 g/mol. The predicted molar refractivity (Wildman–Crippen MR) is 75.4 cm³/mol. The van der Waals surface area contributed by atoms with Gasteiger partial charge in [0.1, 0.15) is 24.4 Å². The van der Waals surface area contributed by atoms with Gasteiger partial charge in [-0.05, 0) is 38.1 Å². The Morgan fingerprint density at radius 2 is 2.10 bits per heavy atom. The lowest BCUT2D eigenvalue weighted by molar-refractivity contribution is 0.0337. The van der Waals surface area contributed by atoms with Crippen LogP contribution in [0.2, 0.25) is 0 Å². The molecule has 5 heteroatoms. The fourth-order valence-corrected chi connectivity index (χ4v) is 1.67. The van der Waals surface area contributed by atoms with Crippen LogP contribution in [0.25, 0.3) is 0 Å². The first-order chi connectivity index (χ1) is 10.1. The number of ether oxygens (including phenoxy) is 2. The normalized spacial score (nSPS) is 10.4.